The van der Waals surface area contributed by atoms with Crippen LogP contribution in [0.2, 0.25) is 0 Å². The first-order valence-electron chi connectivity index (χ1n) is 7.45. The second-order valence-corrected chi connectivity index (χ2v) is 7.01. The summed E-state index contributed by atoms with van der Waals surface area (Å²) in [6.45, 7) is 5.06. The fourth-order valence-electron chi connectivity index (χ4n) is 2.39. The zero-order valence-corrected chi connectivity index (χ0v) is 14.2. The number of likely N-dealkylation sites (tertiary alicyclic amines) is 1. The maximum absolute atomic E-state index is 12.3. The summed E-state index contributed by atoms with van der Waals surface area (Å²) in [7, 11) is 0. The van der Waals surface area contributed by atoms with Gasteiger partial charge in [-0.05, 0) is 18.8 Å². The van der Waals surface area contributed by atoms with Crippen molar-refractivity contribution in [3.05, 3.63) is 0 Å². The quantitative estimate of drug-likeness (QED) is 0.773. The summed E-state index contributed by atoms with van der Waals surface area (Å²) in [6.07, 6.45) is -3.30. The van der Waals surface area contributed by atoms with Gasteiger partial charge in [0.25, 0.3) is 0 Å². The van der Waals surface area contributed by atoms with Crippen molar-refractivity contribution in [3.8, 4) is 6.07 Å². The largest absolute Gasteiger partial charge is 0.490 e. The van der Waals surface area contributed by atoms with Gasteiger partial charge in [-0.25, -0.2) is 4.79 Å². The number of hydrogen-bond donors (Lipinski definition) is 2. The number of rotatable bonds is 2. The van der Waals surface area contributed by atoms with Crippen LogP contribution >= 0.6 is 11.8 Å². The van der Waals surface area contributed by atoms with E-state index in [4.69, 9.17) is 15.2 Å². The van der Waals surface area contributed by atoms with Crippen molar-refractivity contribution in [1.82, 2.24) is 10.2 Å². The van der Waals surface area contributed by atoms with E-state index in [1.807, 2.05) is 11.8 Å². The maximum Gasteiger partial charge on any atom is 0.490 e. The van der Waals surface area contributed by atoms with E-state index in [1.54, 1.807) is 4.90 Å². The van der Waals surface area contributed by atoms with Crippen LogP contribution in [-0.2, 0) is 9.59 Å². The smallest absolute Gasteiger partial charge is 0.475 e. The molecule has 2 heterocycles. The van der Waals surface area contributed by atoms with Crippen LogP contribution in [0.15, 0.2) is 0 Å². The lowest BCUT2D eigenvalue weighted by Gasteiger charge is -2.23. The number of nitriles is 1. The van der Waals surface area contributed by atoms with Crippen molar-refractivity contribution in [2.45, 2.75) is 50.3 Å². The maximum atomic E-state index is 12.3. The number of alkyl halides is 3. The number of carboxylic acids is 1. The normalized spacial score (nSPS) is 26.7. The molecule has 2 aliphatic heterocycles. The Labute approximate surface area is 142 Å². The Morgan fingerprint density at radius 1 is 1.42 bits per heavy atom. The molecule has 3 atom stereocenters. The van der Waals surface area contributed by atoms with Crippen LogP contribution in [-0.4, -0.2) is 57.8 Å². The molecule has 0 radical (unpaired) electrons. The minimum Gasteiger partial charge on any atom is -0.475 e. The predicted molar refractivity (Wildman–Crippen MR) is 82.0 cm³/mol. The highest BCUT2D eigenvalue weighted by atomic mass is 32.2. The molecule has 2 saturated heterocycles. The van der Waals surface area contributed by atoms with Crippen LogP contribution in [0.25, 0.3) is 0 Å². The number of hydrogen-bond acceptors (Lipinski definition) is 5. The number of thioether (sulfide) groups is 1. The lowest BCUT2D eigenvalue weighted by atomic mass is 10.2. The van der Waals surface area contributed by atoms with Gasteiger partial charge in [0.05, 0.1) is 17.5 Å². The Hall–Kier alpha value is -1.47. The SMILES string of the molecule is CC(C)C1N[C@H](C(=O)N2CCC[C@H]2C#N)CS1.O=C(O)C(F)(F)F. The van der Waals surface area contributed by atoms with E-state index in [-0.39, 0.29) is 18.0 Å². The van der Waals surface area contributed by atoms with E-state index in [9.17, 15) is 18.0 Å². The van der Waals surface area contributed by atoms with Gasteiger partial charge in [-0.2, -0.15) is 18.4 Å². The number of carbonyl (C=O) groups is 2. The third-order valence-corrected chi connectivity index (χ3v) is 5.20. The fraction of sp³-hybridized carbons (Fsp3) is 0.786. The van der Waals surface area contributed by atoms with E-state index in [0.717, 1.165) is 25.1 Å². The van der Waals surface area contributed by atoms with E-state index in [2.05, 4.69) is 25.2 Å². The van der Waals surface area contributed by atoms with Gasteiger partial charge in [0, 0.05) is 12.3 Å². The first-order valence-corrected chi connectivity index (χ1v) is 8.50. The lowest BCUT2D eigenvalue weighted by Crippen LogP contribution is -2.48. The lowest BCUT2D eigenvalue weighted by molar-refractivity contribution is -0.192. The van der Waals surface area contributed by atoms with Gasteiger partial charge in [-0.15, -0.1) is 11.8 Å². The molecular formula is C14H20F3N3O3S. The first kappa shape index (κ1) is 20.6. The number of halogens is 3. The van der Waals surface area contributed by atoms with Crippen LogP contribution in [0, 0.1) is 17.2 Å². The molecule has 0 aromatic carbocycles. The molecular weight excluding hydrogens is 347 g/mol. The van der Waals surface area contributed by atoms with Gasteiger partial charge in [0.2, 0.25) is 5.91 Å². The summed E-state index contributed by atoms with van der Waals surface area (Å²) in [5.74, 6) is -1.28. The molecule has 0 saturated carbocycles. The van der Waals surface area contributed by atoms with Gasteiger partial charge >= 0.3 is 12.1 Å². The number of nitrogens with one attached hydrogen (secondary N) is 1. The zero-order valence-electron chi connectivity index (χ0n) is 13.3. The Morgan fingerprint density at radius 2 is 2.00 bits per heavy atom. The molecule has 0 aromatic rings. The van der Waals surface area contributed by atoms with E-state index in [0.29, 0.717) is 11.3 Å². The minimum absolute atomic E-state index is 0.0960. The van der Waals surface area contributed by atoms with Crippen molar-refractivity contribution in [3.63, 3.8) is 0 Å². The van der Waals surface area contributed by atoms with Crippen LogP contribution in [0.3, 0.4) is 0 Å². The molecule has 0 bridgehead atoms. The zero-order chi connectivity index (χ0) is 18.5. The molecule has 10 heteroatoms. The van der Waals surface area contributed by atoms with Gasteiger partial charge in [-0.3, -0.25) is 10.1 Å². The molecule has 2 fully saturated rings. The molecule has 136 valence electrons. The van der Waals surface area contributed by atoms with Gasteiger partial charge in [0.15, 0.2) is 0 Å². The summed E-state index contributed by atoms with van der Waals surface area (Å²) in [5.41, 5.74) is 0. The van der Waals surface area contributed by atoms with E-state index >= 15 is 0 Å². The molecule has 24 heavy (non-hydrogen) atoms. The Morgan fingerprint density at radius 3 is 2.42 bits per heavy atom. The van der Waals surface area contributed by atoms with Gasteiger partial charge in [0.1, 0.15) is 6.04 Å². The fourth-order valence-corrected chi connectivity index (χ4v) is 3.67. The van der Waals surface area contributed by atoms with Crippen LogP contribution in [0.5, 0.6) is 0 Å². The van der Waals surface area contributed by atoms with Crippen LogP contribution in [0.1, 0.15) is 26.7 Å². The molecule has 1 amide bonds. The number of carboxylic acid groups (broad SMARTS) is 1. The highest BCUT2D eigenvalue weighted by molar-refractivity contribution is 8.00. The topological polar surface area (TPSA) is 93.4 Å². The summed E-state index contributed by atoms with van der Waals surface area (Å²) >= 11 is 1.81. The average Bonchev–Trinajstić information content (AvgIpc) is 3.15. The Balaban J connectivity index is 0.000000351. The van der Waals surface area contributed by atoms with Crippen molar-refractivity contribution in [2.24, 2.45) is 5.92 Å². The number of carbonyl (C=O) groups excluding carboxylic acids is 1. The summed E-state index contributed by atoms with van der Waals surface area (Å²) in [6, 6.07) is 1.93. The third-order valence-electron chi connectivity index (χ3n) is 3.64. The van der Waals surface area contributed by atoms with Crippen molar-refractivity contribution in [2.75, 3.05) is 12.3 Å². The Kier molecular flexibility index (Phi) is 7.35. The summed E-state index contributed by atoms with van der Waals surface area (Å²) < 4.78 is 31.7. The minimum atomic E-state index is -5.08. The standard InChI is InChI=1S/C12H19N3OS.C2HF3O2/c1-8(2)11-14-10(7-17-11)12(16)15-5-3-4-9(15)6-13;3-2(4,5)1(6)7/h8-11,14H,3-5,7H2,1-2H3;(H,6,7)/t9-,10-,11?;/m0./s1. The predicted octanol–water partition coefficient (Wildman–Crippen LogP) is 1.82. The van der Waals surface area contributed by atoms with Crippen molar-refractivity contribution < 1.29 is 27.9 Å². The molecule has 0 aromatic heterocycles. The second-order valence-electron chi connectivity index (χ2n) is 5.84. The molecule has 2 N–H and O–H groups in total. The van der Waals surface area contributed by atoms with E-state index < -0.39 is 12.1 Å². The van der Waals surface area contributed by atoms with Crippen molar-refractivity contribution in [1.29, 1.82) is 5.26 Å². The van der Waals surface area contributed by atoms with Crippen LogP contribution < -0.4 is 5.32 Å². The summed E-state index contributed by atoms with van der Waals surface area (Å²) in [5, 5.41) is 19.9. The monoisotopic (exact) mass is 367 g/mol. The Bertz CT molecular complexity index is 508. The van der Waals surface area contributed by atoms with Crippen LogP contribution in [0.4, 0.5) is 13.2 Å². The second kappa shape index (κ2) is 8.58. The summed E-state index contributed by atoms with van der Waals surface area (Å²) in [4.78, 5) is 22.9. The highest BCUT2D eigenvalue weighted by Gasteiger charge is 2.38. The third kappa shape index (κ3) is 5.56. The number of nitrogens with zero attached hydrogens (tertiary/aromatic N) is 2. The molecule has 2 aliphatic rings. The number of amides is 1. The number of aliphatic carboxylic acids is 1. The van der Waals surface area contributed by atoms with Gasteiger partial charge in [-0.1, -0.05) is 13.8 Å². The highest BCUT2D eigenvalue weighted by Crippen LogP contribution is 2.27. The van der Waals surface area contributed by atoms with E-state index in [1.165, 1.54) is 0 Å². The molecule has 0 aliphatic carbocycles. The molecule has 6 nitrogen and oxygen atoms in total. The molecule has 0 spiro atoms. The van der Waals surface area contributed by atoms with Crippen molar-refractivity contribution >= 4 is 23.6 Å². The first-order chi connectivity index (χ1) is 11.1. The average molecular weight is 367 g/mol. The van der Waals surface area contributed by atoms with Gasteiger partial charge < -0.3 is 10.0 Å². The molecule has 1 unspecified atom stereocenters. The molecule has 2 rings (SSSR count).